The lowest BCUT2D eigenvalue weighted by Crippen LogP contribution is -2.70. The van der Waals surface area contributed by atoms with Crippen LogP contribution < -0.4 is 0 Å². The third-order valence-electron chi connectivity index (χ3n) is 8.35. The van der Waals surface area contributed by atoms with Gasteiger partial charge in [-0.15, -0.1) is 19.7 Å². The summed E-state index contributed by atoms with van der Waals surface area (Å²) in [6, 6.07) is 0. The molecular formula is C27H45N. The molecule has 3 aliphatic carbocycles. The van der Waals surface area contributed by atoms with Gasteiger partial charge in [0.2, 0.25) is 0 Å². The van der Waals surface area contributed by atoms with Gasteiger partial charge in [-0.2, -0.15) is 0 Å². The molecule has 0 aromatic heterocycles. The second-order valence-corrected chi connectivity index (χ2v) is 10.2. The van der Waals surface area contributed by atoms with Crippen molar-refractivity contribution in [1.82, 2.24) is 4.90 Å². The largest absolute Gasteiger partial charge is 0.285 e. The highest BCUT2D eigenvalue weighted by Crippen LogP contribution is 2.54. The predicted octanol–water partition coefficient (Wildman–Crippen LogP) is 8.13. The number of hydrogen-bond donors (Lipinski definition) is 0. The lowest BCUT2D eigenvalue weighted by molar-refractivity contribution is -0.144. The summed E-state index contributed by atoms with van der Waals surface area (Å²) in [5.41, 5.74) is 0.919. The van der Waals surface area contributed by atoms with Crippen molar-refractivity contribution in [2.24, 2.45) is 0 Å². The number of hydrogen-bond acceptors (Lipinski definition) is 1. The van der Waals surface area contributed by atoms with E-state index in [0.717, 1.165) is 19.3 Å². The minimum absolute atomic E-state index is 0.306. The molecule has 0 radical (unpaired) electrons. The average Bonchev–Trinajstić information content (AvgIpc) is 2.71. The van der Waals surface area contributed by atoms with E-state index in [9.17, 15) is 0 Å². The minimum atomic E-state index is 0.306. The normalized spacial score (nSPS) is 26.5. The molecule has 0 N–H and O–H groups in total. The van der Waals surface area contributed by atoms with Crippen molar-refractivity contribution in [2.45, 2.75) is 132 Å². The van der Waals surface area contributed by atoms with Crippen molar-refractivity contribution in [1.29, 1.82) is 0 Å². The quantitative estimate of drug-likeness (QED) is 0.363. The van der Waals surface area contributed by atoms with Crippen LogP contribution in [0, 0.1) is 0 Å². The van der Waals surface area contributed by atoms with Gasteiger partial charge in [0.05, 0.1) is 0 Å². The van der Waals surface area contributed by atoms with Crippen LogP contribution in [0.3, 0.4) is 0 Å². The molecule has 1 heteroatoms. The zero-order valence-electron chi connectivity index (χ0n) is 18.5. The van der Waals surface area contributed by atoms with Crippen LogP contribution in [-0.4, -0.2) is 21.5 Å². The molecule has 0 spiro atoms. The Morgan fingerprint density at radius 2 is 0.714 bits per heavy atom. The SMILES string of the molecule is C=CCC1(N(C2(CC=C)CCCCC2)C2(CC=C)CCCCC2)CCCCC1. The first-order chi connectivity index (χ1) is 13.7. The topological polar surface area (TPSA) is 3.24 Å². The van der Waals surface area contributed by atoms with E-state index in [0.29, 0.717) is 16.6 Å². The van der Waals surface area contributed by atoms with Crippen LogP contribution in [-0.2, 0) is 0 Å². The van der Waals surface area contributed by atoms with Gasteiger partial charge in [0, 0.05) is 16.6 Å². The fraction of sp³-hybridized carbons (Fsp3) is 0.778. The van der Waals surface area contributed by atoms with Gasteiger partial charge in [-0.3, -0.25) is 4.90 Å². The van der Waals surface area contributed by atoms with Crippen LogP contribution in [0.15, 0.2) is 38.0 Å². The van der Waals surface area contributed by atoms with E-state index in [1.165, 1.54) is 96.3 Å². The van der Waals surface area contributed by atoms with Crippen LogP contribution in [0.1, 0.15) is 116 Å². The summed E-state index contributed by atoms with van der Waals surface area (Å²) in [5, 5.41) is 0. The molecule has 158 valence electrons. The maximum atomic E-state index is 4.24. The molecule has 3 fully saturated rings. The Morgan fingerprint density at radius 1 is 0.464 bits per heavy atom. The smallest absolute Gasteiger partial charge is 0.0255 e. The summed E-state index contributed by atoms with van der Waals surface area (Å²) in [4.78, 5) is 3.19. The second-order valence-electron chi connectivity index (χ2n) is 10.2. The van der Waals surface area contributed by atoms with Gasteiger partial charge in [-0.25, -0.2) is 0 Å². The predicted molar refractivity (Wildman–Crippen MR) is 124 cm³/mol. The molecule has 0 atom stereocenters. The molecule has 28 heavy (non-hydrogen) atoms. The number of nitrogens with zero attached hydrogens (tertiary/aromatic N) is 1. The van der Waals surface area contributed by atoms with Gasteiger partial charge in [-0.1, -0.05) is 76.0 Å². The first-order valence-electron chi connectivity index (χ1n) is 12.3. The first-order valence-corrected chi connectivity index (χ1v) is 12.3. The third-order valence-corrected chi connectivity index (χ3v) is 8.35. The standard InChI is InChI=1S/C27H45N/c1-4-16-25(19-10-7-11-20-25)28(26(17-5-2)21-12-8-13-22-26)27(18-6-3)23-14-9-15-24-27/h4-6H,1-3,7-24H2. The van der Waals surface area contributed by atoms with E-state index in [4.69, 9.17) is 0 Å². The molecule has 0 aromatic rings. The van der Waals surface area contributed by atoms with Gasteiger partial charge >= 0.3 is 0 Å². The van der Waals surface area contributed by atoms with E-state index in [1.54, 1.807) is 0 Å². The van der Waals surface area contributed by atoms with Gasteiger partial charge in [0.1, 0.15) is 0 Å². The zero-order chi connectivity index (χ0) is 19.9. The van der Waals surface area contributed by atoms with E-state index in [2.05, 4.69) is 42.9 Å². The molecule has 0 amide bonds. The van der Waals surface area contributed by atoms with Crippen molar-refractivity contribution in [3.05, 3.63) is 38.0 Å². The Balaban J connectivity index is 2.14. The molecule has 3 rings (SSSR count). The molecule has 0 aromatic carbocycles. The molecule has 3 saturated carbocycles. The summed E-state index contributed by atoms with van der Waals surface area (Å²) in [5.74, 6) is 0. The lowest BCUT2D eigenvalue weighted by Gasteiger charge is -2.65. The van der Waals surface area contributed by atoms with Crippen LogP contribution in [0.4, 0.5) is 0 Å². The van der Waals surface area contributed by atoms with E-state index >= 15 is 0 Å². The summed E-state index contributed by atoms with van der Waals surface area (Å²) in [6.45, 7) is 12.7. The maximum Gasteiger partial charge on any atom is 0.0255 e. The molecule has 3 aliphatic rings. The minimum Gasteiger partial charge on any atom is -0.285 e. The van der Waals surface area contributed by atoms with Crippen molar-refractivity contribution < 1.29 is 0 Å². The Kier molecular flexibility index (Phi) is 7.65. The van der Waals surface area contributed by atoms with E-state index < -0.39 is 0 Å². The molecule has 0 saturated heterocycles. The van der Waals surface area contributed by atoms with Gasteiger partial charge < -0.3 is 0 Å². The van der Waals surface area contributed by atoms with Crippen molar-refractivity contribution >= 4 is 0 Å². The van der Waals surface area contributed by atoms with Gasteiger partial charge in [0.15, 0.2) is 0 Å². The number of rotatable bonds is 9. The van der Waals surface area contributed by atoms with Gasteiger partial charge in [0.25, 0.3) is 0 Å². The van der Waals surface area contributed by atoms with Crippen molar-refractivity contribution in [2.75, 3.05) is 0 Å². The van der Waals surface area contributed by atoms with Crippen LogP contribution in [0.25, 0.3) is 0 Å². The highest BCUT2D eigenvalue weighted by molar-refractivity contribution is 5.15. The molecular weight excluding hydrogens is 338 g/mol. The van der Waals surface area contributed by atoms with Crippen molar-refractivity contribution in [3.8, 4) is 0 Å². The fourth-order valence-corrected chi connectivity index (χ4v) is 7.50. The van der Waals surface area contributed by atoms with Crippen LogP contribution >= 0.6 is 0 Å². The molecule has 0 unspecified atom stereocenters. The maximum absolute atomic E-state index is 4.24. The first kappa shape index (κ1) is 21.9. The summed E-state index contributed by atoms with van der Waals surface area (Å²) >= 11 is 0. The van der Waals surface area contributed by atoms with Gasteiger partial charge in [-0.05, 0) is 57.8 Å². The Bertz CT molecular complexity index is 436. The molecule has 1 nitrogen and oxygen atoms in total. The summed E-state index contributed by atoms with van der Waals surface area (Å²) < 4.78 is 0. The van der Waals surface area contributed by atoms with E-state index in [-0.39, 0.29) is 0 Å². The summed E-state index contributed by atoms with van der Waals surface area (Å²) in [6.07, 6.45) is 30.9. The average molecular weight is 384 g/mol. The molecule has 0 aliphatic heterocycles. The molecule has 0 bridgehead atoms. The second kappa shape index (κ2) is 9.79. The van der Waals surface area contributed by atoms with Crippen LogP contribution in [0.5, 0.6) is 0 Å². The Labute approximate surface area is 175 Å². The Hall–Kier alpha value is -0.820. The van der Waals surface area contributed by atoms with Crippen LogP contribution in [0.2, 0.25) is 0 Å². The highest BCUT2D eigenvalue weighted by atomic mass is 15.3. The lowest BCUT2D eigenvalue weighted by atomic mass is 9.64. The van der Waals surface area contributed by atoms with E-state index in [1.807, 2.05) is 0 Å². The van der Waals surface area contributed by atoms with Crippen molar-refractivity contribution in [3.63, 3.8) is 0 Å². The highest BCUT2D eigenvalue weighted by Gasteiger charge is 2.56. The fourth-order valence-electron chi connectivity index (χ4n) is 7.50. The monoisotopic (exact) mass is 383 g/mol. The zero-order valence-corrected chi connectivity index (χ0v) is 18.5. The third kappa shape index (κ3) is 4.20. The molecule has 0 heterocycles. The summed E-state index contributed by atoms with van der Waals surface area (Å²) in [7, 11) is 0. The Morgan fingerprint density at radius 3 is 0.929 bits per heavy atom.